The summed E-state index contributed by atoms with van der Waals surface area (Å²) in [5, 5.41) is 0.935. The number of aromatic nitrogens is 1. The fraction of sp³-hybridized carbons (Fsp3) is 0.227. The van der Waals surface area contributed by atoms with E-state index in [-0.39, 0.29) is 22.7 Å². The van der Waals surface area contributed by atoms with Crippen molar-refractivity contribution < 1.29 is 23.5 Å². The van der Waals surface area contributed by atoms with Crippen molar-refractivity contribution in [2.24, 2.45) is 0 Å². The molecular weight excluding hydrogens is 411 g/mol. The molecule has 2 aromatic carbocycles. The van der Waals surface area contributed by atoms with Crippen molar-refractivity contribution in [3.8, 4) is 5.75 Å². The van der Waals surface area contributed by atoms with E-state index in [0.29, 0.717) is 22.3 Å². The van der Waals surface area contributed by atoms with Gasteiger partial charge < -0.3 is 14.4 Å². The van der Waals surface area contributed by atoms with Gasteiger partial charge in [-0.25, -0.2) is 9.18 Å². The summed E-state index contributed by atoms with van der Waals surface area (Å²) < 4.78 is 24.3. The fourth-order valence-corrected chi connectivity index (χ4v) is 3.13. The van der Waals surface area contributed by atoms with E-state index >= 15 is 0 Å². The smallest absolute Gasteiger partial charge is 0.340 e. The molecular formula is C22H20ClFN2O4. The number of likely N-dealkylation sites (N-methyl/N-ethyl adjacent to an activating group) is 1. The Morgan fingerprint density at radius 2 is 1.97 bits per heavy atom. The minimum atomic E-state index is -0.671. The summed E-state index contributed by atoms with van der Waals surface area (Å²) in [7, 11) is 3.03. The standard InChI is InChI=1S/C22H20ClFN2O4/c1-13-16(10-14-9-15(29-3)7-8-20(14)25-13)22(28)30-12-21(27)26(2)11-17-18(23)5-4-6-19(17)24/h4-10H,11-12H2,1-3H3. The number of hydrogen-bond acceptors (Lipinski definition) is 5. The first kappa shape index (κ1) is 21.5. The molecule has 0 spiro atoms. The van der Waals surface area contributed by atoms with Crippen LogP contribution in [0.1, 0.15) is 21.6 Å². The lowest BCUT2D eigenvalue weighted by molar-refractivity contribution is -0.133. The van der Waals surface area contributed by atoms with Gasteiger partial charge in [0, 0.05) is 29.6 Å². The summed E-state index contributed by atoms with van der Waals surface area (Å²) in [6.45, 7) is 1.16. The maximum absolute atomic E-state index is 13.9. The molecule has 0 unspecified atom stereocenters. The van der Waals surface area contributed by atoms with Crippen LogP contribution in [0.4, 0.5) is 4.39 Å². The molecule has 8 heteroatoms. The Morgan fingerprint density at radius 3 is 2.67 bits per heavy atom. The third-order valence-corrected chi connectivity index (χ3v) is 5.00. The normalized spacial score (nSPS) is 10.7. The van der Waals surface area contributed by atoms with Crippen molar-refractivity contribution in [1.82, 2.24) is 9.88 Å². The molecule has 1 aromatic heterocycles. The van der Waals surface area contributed by atoms with Crippen molar-refractivity contribution in [2.45, 2.75) is 13.5 Å². The summed E-state index contributed by atoms with van der Waals surface area (Å²) in [5.41, 5.74) is 1.65. The van der Waals surface area contributed by atoms with Crippen molar-refractivity contribution in [3.63, 3.8) is 0 Å². The molecule has 0 atom stereocenters. The van der Waals surface area contributed by atoms with Gasteiger partial charge in [-0.1, -0.05) is 17.7 Å². The van der Waals surface area contributed by atoms with E-state index in [4.69, 9.17) is 21.1 Å². The number of rotatable bonds is 6. The summed E-state index contributed by atoms with van der Waals surface area (Å²) in [5.74, 6) is -1.03. The summed E-state index contributed by atoms with van der Waals surface area (Å²) in [6.07, 6.45) is 0. The number of halogens is 2. The Kier molecular flexibility index (Phi) is 6.52. The molecule has 0 bridgehead atoms. The number of methoxy groups -OCH3 is 1. The first-order valence-electron chi connectivity index (χ1n) is 9.09. The van der Waals surface area contributed by atoms with Crippen LogP contribution in [0.5, 0.6) is 5.75 Å². The minimum Gasteiger partial charge on any atom is -0.497 e. The second kappa shape index (κ2) is 9.09. The third kappa shape index (κ3) is 4.68. The Labute approximate surface area is 178 Å². The summed E-state index contributed by atoms with van der Waals surface area (Å²) in [4.78, 5) is 30.5. The highest BCUT2D eigenvalue weighted by Crippen LogP contribution is 2.23. The monoisotopic (exact) mass is 430 g/mol. The van der Waals surface area contributed by atoms with Crippen molar-refractivity contribution in [1.29, 1.82) is 0 Å². The van der Waals surface area contributed by atoms with Gasteiger partial charge in [0.1, 0.15) is 11.6 Å². The van der Waals surface area contributed by atoms with Crippen LogP contribution in [-0.4, -0.2) is 42.5 Å². The molecule has 0 N–H and O–H groups in total. The van der Waals surface area contributed by atoms with E-state index in [2.05, 4.69) is 4.98 Å². The number of fused-ring (bicyclic) bond motifs is 1. The molecule has 6 nitrogen and oxygen atoms in total. The minimum absolute atomic E-state index is 0.0434. The number of pyridine rings is 1. The molecule has 30 heavy (non-hydrogen) atoms. The first-order chi connectivity index (χ1) is 14.3. The average Bonchev–Trinajstić information content (AvgIpc) is 2.73. The quantitative estimate of drug-likeness (QED) is 0.549. The van der Waals surface area contributed by atoms with E-state index in [1.165, 1.54) is 24.1 Å². The Bertz CT molecular complexity index is 1100. The highest BCUT2D eigenvalue weighted by Gasteiger charge is 2.18. The Hall–Kier alpha value is -3.19. The SMILES string of the molecule is COc1ccc2nc(C)c(C(=O)OCC(=O)N(C)Cc3c(F)cccc3Cl)cc2c1. The molecule has 3 rings (SSSR count). The lowest BCUT2D eigenvalue weighted by atomic mass is 10.1. The van der Waals surface area contributed by atoms with E-state index in [1.54, 1.807) is 44.4 Å². The number of carbonyl (C=O) groups is 2. The third-order valence-electron chi connectivity index (χ3n) is 4.64. The second-order valence-electron chi connectivity index (χ2n) is 6.71. The van der Waals surface area contributed by atoms with Gasteiger partial charge in [-0.15, -0.1) is 0 Å². The van der Waals surface area contributed by atoms with Crippen molar-refractivity contribution in [2.75, 3.05) is 20.8 Å². The maximum Gasteiger partial charge on any atom is 0.340 e. The van der Waals surface area contributed by atoms with Gasteiger partial charge in [-0.2, -0.15) is 0 Å². The zero-order valence-electron chi connectivity index (χ0n) is 16.7. The lowest BCUT2D eigenvalue weighted by Gasteiger charge is -2.18. The van der Waals surface area contributed by atoms with Gasteiger partial charge in [-0.05, 0) is 43.3 Å². The number of hydrogen-bond donors (Lipinski definition) is 0. The van der Waals surface area contributed by atoms with Crippen LogP contribution in [0.25, 0.3) is 10.9 Å². The van der Waals surface area contributed by atoms with Crippen LogP contribution < -0.4 is 4.74 Å². The highest BCUT2D eigenvalue weighted by atomic mass is 35.5. The van der Waals surface area contributed by atoms with Crippen LogP contribution in [-0.2, 0) is 16.1 Å². The molecule has 0 radical (unpaired) electrons. The molecule has 0 aliphatic carbocycles. The Morgan fingerprint density at radius 1 is 1.20 bits per heavy atom. The highest BCUT2D eigenvalue weighted by molar-refractivity contribution is 6.31. The largest absolute Gasteiger partial charge is 0.497 e. The Balaban J connectivity index is 1.68. The van der Waals surface area contributed by atoms with Crippen LogP contribution >= 0.6 is 11.6 Å². The fourth-order valence-electron chi connectivity index (χ4n) is 2.91. The van der Waals surface area contributed by atoms with Gasteiger partial charge in [0.25, 0.3) is 5.91 Å². The molecule has 1 heterocycles. The maximum atomic E-state index is 13.9. The molecule has 0 saturated heterocycles. The molecule has 156 valence electrons. The zero-order chi connectivity index (χ0) is 21.8. The van der Waals surface area contributed by atoms with E-state index in [0.717, 1.165) is 0 Å². The average molecular weight is 431 g/mol. The molecule has 0 aliphatic heterocycles. The van der Waals surface area contributed by atoms with Gasteiger partial charge in [-0.3, -0.25) is 9.78 Å². The van der Waals surface area contributed by atoms with Crippen LogP contribution in [0, 0.1) is 12.7 Å². The number of benzene rings is 2. The predicted molar refractivity (Wildman–Crippen MR) is 111 cm³/mol. The number of nitrogens with zero attached hydrogens (tertiary/aromatic N) is 2. The summed E-state index contributed by atoms with van der Waals surface area (Å²) in [6, 6.07) is 11.3. The summed E-state index contributed by atoms with van der Waals surface area (Å²) >= 11 is 5.99. The van der Waals surface area contributed by atoms with Crippen molar-refractivity contribution >= 4 is 34.4 Å². The number of aryl methyl sites for hydroxylation is 1. The van der Waals surface area contributed by atoms with Gasteiger partial charge in [0.15, 0.2) is 6.61 Å². The number of carbonyl (C=O) groups excluding carboxylic acids is 2. The van der Waals surface area contributed by atoms with E-state index < -0.39 is 24.3 Å². The molecule has 0 aliphatic rings. The number of ether oxygens (including phenoxy) is 2. The lowest BCUT2D eigenvalue weighted by Crippen LogP contribution is -2.31. The number of esters is 1. The molecule has 3 aromatic rings. The molecule has 1 amide bonds. The number of amides is 1. The van der Waals surface area contributed by atoms with Crippen LogP contribution in [0.15, 0.2) is 42.5 Å². The van der Waals surface area contributed by atoms with Gasteiger partial charge >= 0.3 is 5.97 Å². The van der Waals surface area contributed by atoms with Gasteiger partial charge in [0.05, 0.1) is 23.9 Å². The van der Waals surface area contributed by atoms with Crippen LogP contribution in [0.2, 0.25) is 5.02 Å². The topological polar surface area (TPSA) is 68.7 Å². The van der Waals surface area contributed by atoms with Crippen LogP contribution in [0.3, 0.4) is 0 Å². The van der Waals surface area contributed by atoms with Crippen molar-refractivity contribution in [3.05, 3.63) is 70.1 Å². The zero-order valence-corrected chi connectivity index (χ0v) is 17.5. The van der Waals surface area contributed by atoms with E-state index in [1.807, 2.05) is 0 Å². The van der Waals surface area contributed by atoms with Gasteiger partial charge in [0.2, 0.25) is 0 Å². The van der Waals surface area contributed by atoms with E-state index in [9.17, 15) is 14.0 Å². The molecule has 0 saturated carbocycles. The molecule has 0 fully saturated rings. The predicted octanol–water partition coefficient (Wildman–Crippen LogP) is 4.16. The second-order valence-corrected chi connectivity index (χ2v) is 7.11. The first-order valence-corrected chi connectivity index (χ1v) is 9.47.